The Balaban J connectivity index is 0.802. The first-order valence-electron chi connectivity index (χ1n) is 27.8. The Bertz CT molecular complexity index is 3300. The van der Waals surface area contributed by atoms with Crippen molar-refractivity contribution in [2.24, 2.45) is 4.99 Å². The topological polar surface area (TPSA) is 131 Å². The summed E-state index contributed by atoms with van der Waals surface area (Å²) in [4.78, 5) is 42.3. The van der Waals surface area contributed by atoms with Gasteiger partial charge in [-0.05, 0) is 136 Å². The van der Waals surface area contributed by atoms with E-state index in [1.165, 1.54) is 0 Å². The summed E-state index contributed by atoms with van der Waals surface area (Å²) in [5.74, 6) is 2.68. The fraction of sp³-hybridized carbons (Fsp3) is 0.419. The lowest BCUT2D eigenvalue weighted by atomic mass is 9.71. The quantitative estimate of drug-likeness (QED) is 0.101. The van der Waals surface area contributed by atoms with Crippen molar-refractivity contribution in [2.75, 3.05) is 94.9 Å². The summed E-state index contributed by atoms with van der Waals surface area (Å²) in [6, 6.07) is 36.5. The van der Waals surface area contributed by atoms with Crippen LogP contribution < -0.4 is 30.3 Å². The Morgan fingerprint density at radius 2 is 1.38 bits per heavy atom. The Hall–Kier alpha value is -5.86. The molecule has 3 aliphatic heterocycles. The molecule has 6 aromatic rings. The molecule has 0 radical (unpaired) electrons. The highest BCUT2D eigenvalue weighted by Crippen LogP contribution is 2.54. The van der Waals surface area contributed by atoms with Crippen molar-refractivity contribution in [1.29, 1.82) is 0 Å². The average molecular weight is 1160 g/mol. The van der Waals surface area contributed by atoms with Crippen LogP contribution in [0, 0.1) is 0 Å². The van der Waals surface area contributed by atoms with Crippen molar-refractivity contribution in [3.8, 4) is 11.5 Å². The molecular formula is C62H74Cl3N10O4P. The molecule has 4 atom stereocenters. The van der Waals surface area contributed by atoms with Crippen molar-refractivity contribution in [1.82, 2.24) is 29.6 Å². The molecule has 4 aliphatic rings. The number of ether oxygens (including phenoxy) is 2. The molecule has 14 nitrogen and oxygen atoms in total. The largest absolute Gasteiger partial charge is 0.494 e. The molecule has 422 valence electrons. The van der Waals surface area contributed by atoms with Crippen LogP contribution >= 0.6 is 41.9 Å². The number of para-hydroxylation sites is 1. The Morgan fingerprint density at radius 1 is 0.750 bits per heavy atom. The summed E-state index contributed by atoms with van der Waals surface area (Å²) >= 11 is 19.6. The monoisotopic (exact) mass is 1160 g/mol. The van der Waals surface area contributed by atoms with Crippen molar-refractivity contribution >= 4 is 87.9 Å². The average Bonchev–Trinajstić information content (AvgIpc) is 4.15. The Kier molecular flexibility index (Phi) is 16.6. The Morgan fingerprint density at radius 3 is 1.99 bits per heavy atom. The first kappa shape index (κ1) is 57.4. The summed E-state index contributed by atoms with van der Waals surface area (Å²) in [7, 11) is -0.905. The lowest BCUT2D eigenvalue weighted by molar-refractivity contribution is 0.0727. The minimum Gasteiger partial charge on any atom is -0.494 e. The molecular weight excluding hydrogens is 1090 g/mol. The van der Waals surface area contributed by atoms with Gasteiger partial charge in [0.1, 0.15) is 40.6 Å². The van der Waals surface area contributed by atoms with Gasteiger partial charge in [0, 0.05) is 91.5 Å². The highest BCUT2D eigenvalue weighted by molar-refractivity contribution is 7.70. The number of carbonyl (C=O) groups excluding carboxylic acids is 1. The number of carbonyl (C=O) groups is 1. The van der Waals surface area contributed by atoms with Crippen molar-refractivity contribution in [2.45, 2.75) is 89.4 Å². The van der Waals surface area contributed by atoms with Crippen molar-refractivity contribution < 1.29 is 18.8 Å². The third-order valence-electron chi connectivity index (χ3n) is 16.9. The van der Waals surface area contributed by atoms with E-state index in [2.05, 4.69) is 100 Å². The number of hydrogen-bond acceptors (Lipinski definition) is 12. The highest BCUT2D eigenvalue weighted by Gasteiger charge is 2.60. The van der Waals surface area contributed by atoms with E-state index in [1.807, 2.05) is 95.6 Å². The van der Waals surface area contributed by atoms with Crippen LogP contribution in [0.3, 0.4) is 0 Å². The lowest BCUT2D eigenvalue weighted by Crippen LogP contribution is -2.61. The molecule has 0 bridgehead atoms. The van der Waals surface area contributed by atoms with Crippen molar-refractivity contribution in [3.63, 3.8) is 0 Å². The zero-order valence-corrected chi connectivity index (χ0v) is 50.6. The van der Waals surface area contributed by atoms with Crippen LogP contribution in [0.1, 0.15) is 83.1 Å². The van der Waals surface area contributed by atoms with Gasteiger partial charge in [0.15, 0.2) is 5.82 Å². The molecule has 1 saturated carbocycles. The van der Waals surface area contributed by atoms with Gasteiger partial charge >= 0.3 is 6.03 Å². The van der Waals surface area contributed by atoms with Gasteiger partial charge in [-0.1, -0.05) is 98.0 Å². The predicted molar refractivity (Wildman–Crippen MR) is 328 cm³/mol. The third kappa shape index (κ3) is 11.5. The number of amidine groups is 1. The molecule has 1 aromatic heterocycles. The number of hydrogen-bond donors (Lipinski definition) is 2. The number of anilines is 5. The molecule has 0 spiro atoms. The fourth-order valence-corrected chi connectivity index (χ4v) is 13.7. The van der Waals surface area contributed by atoms with Crippen LogP contribution in [0.25, 0.3) is 0 Å². The van der Waals surface area contributed by atoms with Crippen LogP contribution in [0.2, 0.25) is 15.1 Å². The zero-order chi connectivity index (χ0) is 56.7. The maximum absolute atomic E-state index is 15.8. The SMILES string of the molecule is CCOc1cc(C(C)(C)C)ccc1C1=N[C@@](C)(c2ccc(Cl)cc2)[C@@](C)(c2ccc(Cl)cc2)N1C(=O)N1CCN(C2CCC(N3CCN(c4ccc(Nc5ncc(Cl)c(Nc6ccccc6P(C)(C)=O)n5)c(OC)c4)CC3)C2)CC1. The van der Waals surface area contributed by atoms with E-state index in [0.29, 0.717) is 81.6 Å². The number of methoxy groups -OCH3 is 1. The number of benzene rings is 5. The lowest BCUT2D eigenvalue weighted by Gasteiger charge is -2.48. The van der Waals surface area contributed by atoms with Crippen LogP contribution in [0.15, 0.2) is 120 Å². The van der Waals surface area contributed by atoms with Gasteiger partial charge in [-0.25, -0.2) is 9.78 Å². The van der Waals surface area contributed by atoms with Crippen LogP contribution in [0.5, 0.6) is 11.5 Å². The van der Waals surface area contributed by atoms with E-state index < -0.39 is 18.2 Å². The second-order valence-electron chi connectivity index (χ2n) is 23.2. The molecule has 18 heteroatoms. The minimum absolute atomic E-state index is 0.0882. The van der Waals surface area contributed by atoms with Gasteiger partial charge in [-0.15, -0.1) is 0 Å². The summed E-state index contributed by atoms with van der Waals surface area (Å²) in [5, 5.41) is 8.89. The molecule has 80 heavy (non-hydrogen) atoms. The Labute approximate surface area is 487 Å². The zero-order valence-electron chi connectivity index (χ0n) is 47.4. The molecule has 3 fully saturated rings. The summed E-state index contributed by atoms with van der Waals surface area (Å²) in [6.45, 7) is 23.3. The molecule has 10 rings (SSSR count). The number of nitrogens with zero attached hydrogens (tertiary/aromatic N) is 8. The van der Waals surface area contributed by atoms with Crippen LogP contribution in [0.4, 0.5) is 33.6 Å². The molecule has 1 aliphatic carbocycles. The number of piperazine rings is 2. The second-order valence-corrected chi connectivity index (χ2v) is 27.6. The molecule has 5 aromatic carbocycles. The number of urea groups is 1. The smallest absolute Gasteiger partial charge is 0.326 e. The van der Waals surface area contributed by atoms with E-state index in [-0.39, 0.29) is 11.4 Å². The third-order valence-corrected chi connectivity index (χ3v) is 19.2. The molecule has 4 heterocycles. The highest BCUT2D eigenvalue weighted by atomic mass is 35.5. The van der Waals surface area contributed by atoms with Gasteiger partial charge in [-0.3, -0.25) is 19.7 Å². The summed E-state index contributed by atoms with van der Waals surface area (Å²) < 4.78 is 25.4. The van der Waals surface area contributed by atoms with Gasteiger partial charge in [0.2, 0.25) is 5.95 Å². The first-order chi connectivity index (χ1) is 38.2. The number of amides is 2. The molecule has 2 amide bonds. The predicted octanol–water partition coefficient (Wildman–Crippen LogP) is 13.3. The summed E-state index contributed by atoms with van der Waals surface area (Å²) in [5.41, 5.74) is 4.18. The maximum atomic E-state index is 15.8. The number of nitrogens with one attached hydrogen (secondary N) is 2. The van der Waals surface area contributed by atoms with E-state index in [0.717, 1.165) is 97.5 Å². The normalized spacial score (nSPS) is 22.1. The van der Waals surface area contributed by atoms with E-state index in [9.17, 15) is 4.57 Å². The minimum atomic E-state index is -2.57. The van der Waals surface area contributed by atoms with Crippen LogP contribution in [-0.4, -0.2) is 133 Å². The van der Waals surface area contributed by atoms with E-state index in [4.69, 9.17) is 49.3 Å². The number of halogens is 3. The van der Waals surface area contributed by atoms with Gasteiger partial charge in [0.25, 0.3) is 0 Å². The number of aliphatic imine (C=N–C) groups is 1. The number of aromatic nitrogens is 2. The summed E-state index contributed by atoms with van der Waals surface area (Å²) in [6.07, 6.45) is 4.94. The molecule has 2 saturated heterocycles. The van der Waals surface area contributed by atoms with Crippen LogP contribution in [-0.2, 0) is 21.1 Å². The standard InChI is InChI=1S/C62H74Cl3N10O4P/c1-10-79-53-37-43(60(2,3)4)19-27-49(53)57-70-61(5,41-15-20-44(63)21-16-41)62(6,42-17-22-45(64)23-18-42)75(57)59(76)74-35-33-72(34-36-74)47-25-24-46(38-47)71-29-31-73(32-30-71)48-26-28-51(54(39-48)78-7)68-58-66-40-50(65)56(69-58)67-52-13-11-12-14-55(52)80(8,9)77/h11-23,26-28,37,39-40,46-47H,10,24-25,29-36,38H2,1-9H3,(H2,66,67,68,69)/t46?,47?,61-,62+/m0/s1. The maximum Gasteiger partial charge on any atom is 0.326 e. The molecule has 2 unspecified atom stereocenters. The van der Waals surface area contributed by atoms with Gasteiger partial charge < -0.3 is 34.5 Å². The molecule has 2 N–H and O–H groups in total. The number of rotatable bonds is 14. The van der Waals surface area contributed by atoms with E-state index in [1.54, 1.807) is 26.6 Å². The van der Waals surface area contributed by atoms with Crippen molar-refractivity contribution in [3.05, 3.63) is 153 Å². The fourth-order valence-electron chi connectivity index (χ4n) is 12.2. The van der Waals surface area contributed by atoms with E-state index >= 15 is 4.79 Å². The first-order valence-corrected chi connectivity index (χ1v) is 31.5. The second kappa shape index (κ2) is 23.2. The van der Waals surface area contributed by atoms with Gasteiger partial charge in [0.05, 0.1) is 36.9 Å². The van der Waals surface area contributed by atoms with Gasteiger partial charge in [-0.2, -0.15) is 4.98 Å².